The van der Waals surface area contributed by atoms with E-state index in [1.807, 2.05) is 0 Å². The molecule has 0 saturated carbocycles. The summed E-state index contributed by atoms with van der Waals surface area (Å²) >= 11 is 0. The molecule has 92 valence electrons. The maximum atomic E-state index is 10.6. The van der Waals surface area contributed by atoms with Crippen LogP contribution in [0.25, 0.3) is 0 Å². The lowest BCUT2D eigenvalue weighted by Crippen LogP contribution is -2.22. The van der Waals surface area contributed by atoms with Crippen LogP contribution in [0.2, 0.25) is 0 Å². The van der Waals surface area contributed by atoms with Gasteiger partial charge in [0.1, 0.15) is 12.4 Å². The van der Waals surface area contributed by atoms with Gasteiger partial charge < -0.3 is 15.3 Å². The third kappa shape index (κ3) is 3.37. The number of aldehydes is 1. The maximum absolute atomic E-state index is 10.6. The van der Waals surface area contributed by atoms with Crippen molar-refractivity contribution in [2.45, 2.75) is 25.6 Å². The largest absolute Gasteiger partial charge is 0.481 e. The third-order valence-electron chi connectivity index (χ3n) is 2.51. The molecule has 2 atom stereocenters. The molecule has 0 fully saturated rings. The Hall–Kier alpha value is -1.72. The Kier molecular flexibility index (Phi) is 4.37. The van der Waals surface area contributed by atoms with Crippen molar-refractivity contribution in [2.75, 3.05) is 0 Å². The monoisotopic (exact) mass is 238 g/mol. The van der Waals surface area contributed by atoms with Crippen LogP contribution in [-0.2, 0) is 4.79 Å². The SMILES string of the molecule is Cc1ccc(C=O)cc1C(O)C(O)CC(=O)O. The number of carboxylic acid groups (broad SMARTS) is 1. The predicted octanol–water partition coefficient (Wildman–Crippen LogP) is 0.677. The molecule has 2 unspecified atom stereocenters. The minimum Gasteiger partial charge on any atom is -0.481 e. The first-order valence-electron chi connectivity index (χ1n) is 5.09. The van der Waals surface area contributed by atoms with Gasteiger partial charge in [-0.2, -0.15) is 0 Å². The lowest BCUT2D eigenvalue weighted by Gasteiger charge is -2.18. The van der Waals surface area contributed by atoms with Crippen molar-refractivity contribution < 1.29 is 24.9 Å². The third-order valence-corrected chi connectivity index (χ3v) is 2.51. The Morgan fingerprint density at radius 3 is 2.59 bits per heavy atom. The molecule has 0 aromatic heterocycles. The second kappa shape index (κ2) is 5.56. The zero-order valence-electron chi connectivity index (χ0n) is 9.33. The molecule has 5 heteroatoms. The first kappa shape index (κ1) is 13.3. The summed E-state index contributed by atoms with van der Waals surface area (Å²) in [4.78, 5) is 21.0. The highest BCUT2D eigenvalue weighted by Gasteiger charge is 2.22. The van der Waals surface area contributed by atoms with Gasteiger partial charge >= 0.3 is 5.97 Å². The maximum Gasteiger partial charge on any atom is 0.306 e. The van der Waals surface area contributed by atoms with Gasteiger partial charge in [0.2, 0.25) is 0 Å². The van der Waals surface area contributed by atoms with Crippen LogP contribution in [0.1, 0.15) is 34.0 Å². The van der Waals surface area contributed by atoms with E-state index < -0.39 is 24.6 Å². The van der Waals surface area contributed by atoms with Crippen molar-refractivity contribution in [3.63, 3.8) is 0 Å². The Balaban J connectivity index is 2.97. The number of aliphatic hydroxyl groups is 2. The van der Waals surface area contributed by atoms with E-state index in [1.165, 1.54) is 6.07 Å². The summed E-state index contributed by atoms with van der Waals surface area (Å²) < 4.78 is 0. The van der Waals surface area contributed by atoms with Crippen LogP contribution in [0.5, 0.6) is 0 Å². The van der Waals surface area contributed by atoms with Crippen molar-refractivity contribution in [2.24, 2.45) is 0 Å². The molecular weight excluding hydrogens is 224 g/mol. The lowest BCUT2D eigenvalue weighted by atomic mass is 9.96. The molecule has 1 aromatic rings. The number of benzene rings is 1. The molecule has 3 N–H and O–H groups in total. The van der Waals surface area contributed by atoms with Crippen LogP contribution in [0, 0.1) is 6.92 Å². The van der Waals surface area contributed by atoms with Gasteiger partial charge in [0.25, 0.3) is 0 Å². The molecule has 0 saturated heterocycles. The molecule has 0 aliphatic heterocycles. The molecule has 17 heavy (non-hydrogen) atoms. The van der Waals surface area contributed by atoms with E-state index in [-0.39, 0.29) is 0 Å². The van der Waals surface area contributed by atoms with Gasteiger partial charge in [-0.1, -0.05) is 12.1 Å². The first-order chi connectivity index (χ1) is 7.95. The average molecular weight is 238 g/mol. The van der Waals surface area contributed by atoms with Crippen LogP contribution in [0.3, 0.4) is 0 Å². The van der Waals surface area contributed by atoms with Crippen LogP contribution >= 0.6 is 0 Å². The fourth-order valence-corrected chi connectivity index (χ4v) is 1.55. The van der Waals surface area contributed by atoms with Crippen LogP contribution in [-0.4, -0.2) is 33.7 Å². The predicted molar refractivity (Wildman–Crippen MR) is 59.8 cm³/mol. The second-order valence-corrected chi connectivity index (χ2v) is 3.84. The summed E-state index contributed by atoms with van der Waals surface area (Å²) in [5.74, 6) is -1.19. The van der Waals surface area contributed by atoms with Gasteiger partial charge in [-0.3, -0.25) is 9.59 Å². The van der Waals surface area contributed by atoms with E-state index in [9.17, 15) is 19.8 Å². The highest BCUT2D eigenvalue weighted by Crippen LogP contribution is 2.23. The first-order valence-corrected chi connectivity index (χ1v) is 5.09. The van der Waals surface area contributed by atoms with Crippen molar-refractivity contribution in [3.05, 3.63) is 34.9 Å². The Labute approximate surface area is 98.3 Å². The van der Waals surface area contributed by atoms with E-state index in [0.717, 1.165) is 0 Å². The van der Waals surface area contributed by atoms with E-state index in [1.54, 1.807) is 19.1 Å². The van der Waals surface area contributed by atoms with Gasteiger partial charge in [-0.25, -0.2) is 0 Å². The molecule has 0 spiro atoms. The number of carbonyl (C=O) groups is 2. The number of aliphatic hydroxyl groups excluding tert-OH is 2. The Bertz CT molecular complexity index is 427. The number of carboxylic acids is 1. The number of aryl methyl sites for hydroxylation is 1. The van der Waals surface area contributed by atoms with Gasteiger partial charge in [-0.15, -0.1) is 0 Å². The van der Waals surface area contributed by atoms with Crippen LogP contribution in [0.15, 0.2) is 18.2 Å². The molecule has 0 bridgehead atoms. The number of rotatable bonds is 5. The average Bonchev–Trinajstić information content (AvgIpc) is 2.28. The lowest BCUT2D eigenvalue weighted by molar-refractivity contribution is -0.141. The molecule has 0 amide bonds. The molecule has 1 aromatic carbocycles. The van der Waals surface area contributed by atoms with Crippen LogP contribution < -0.4 is 0 Å². The number of hydrogen-bond acceptors (Lipinski definition) is 4. The van der Waals surface area contributed by atoms with Crippen molar-refractivity contribution >= 4 is 12.3 Å². The van der Waals surface area contributed by atoms with Crippen LogP contribution in [0.4, 0.5) is 0 Å². The van der Waals surface area contributed by atoms with E-state index >= 15 is 0 Å². The summed E-state index contributed by atoms with van der Waals surface area (Å²) in [5.41, 5.74) is 1.42. The number of hydrogen-bond donors (Lipinski definition) is 3. The zero-order valence-corrected chi connectivity index (χ0v) is 9.33. The topological polar surface area (TPSA) is 94.8 Å². The molecule has 0 aliphatic carbocycles. The highest BCUT2D eigenvalue weighted by atomic mass is 16.4. The van der Waals surface area contributed by atoms with Gasteiger partial charge in [-0.05, 0) is 24.1 Å². The fraction of sp³-hybridized carbons (Fsp3) is 0.333. The summed E-state index contributed by atoms with van der Waals surface area (Å²) in [6, 6.07) is 4.66. The minimum atomic E-state index is -1.40. The molecule has 5 nitrogen and oxygen atoms in total. The molecule has 0 heterocycles. The Morgan fingerprint density at radius 1 is 1.41 bits per heavy atom. The standard InChI is InChI=1S/C12H14O5/c1-7-2-3-8(6-13)4-9(7)12(17)10(14)5-11(15)16/h2-4,6,10,12,14,17H,5H2,1H3,(H,15,16). The van der Waals surface area contributed by atoms with Crippen molar-refractivity contribution in [1.82, 2.24) is 0 Å². The number of carbonyl (C=O) groups excluding carboxylic acids is 1. The van der Waals surface area contributed by atoms with Gasteiger partial charge in [0.15, 0.2) is 0 Å². The van der Waals surface area contributed by atoms with E-state index in [0.29, 0.717) is 23.0 Å². The summed E-state index contributed by atoms with van der Waals surface area (Å²) in [6.45, 7) is 1.71. The van der Waals surface area contributed by atoms with Gasteiger partial charge in [0.05, 0.1) is 12.5 Å². The fourth-order valence-electron chi connectivity index (χ4n) is 1.55. The molecule has 0 aliphatic rings. The molecule has 1 rings (SSSR count). The van der Waals surface area contributed by atoms with E-state index in [4.69, 9.17) is 5.11 Å². The number of aliphatic carboxylic acids is 1. The second-order valence-electron chi connectivity index (χ2n) is 3.84. The molecular formula is C12H14O5. The van der Waals surface area contributed by atoms with Crippen molar-refractivity contribution in [3.8, 4) is 0 Å². The quantitative estimate of drug-likeness (QED) is 0.655. The minimum absolute atomic E-state index is 0.364. The molecule has 0 radical (unpaired) electrons. The smallest absolute Gasteiger partial charge is 0.306 e. The Morgan fingerprint density at radius 2 is 2.06 bits per heavy atom. The summed E-state index contributed by atoms with van der Waals surface area (Å²) in [5, 5.41) is 27.8. The summed E-state index contributed by atoms with van der Waals surface area (Å²) in [6.07, 6.45) is -2.63. The van der Waals surface area contributed by atoms with Crippen molar-refractivity contribution in [1.29, 1.82) is 0 Å². The van der Waals surface area contributed by atoms with Gasteiger partial charge in [0, 0.05) is 5.56 Å². The summed E-state index contributed by atoms with van der Waals surface area (Å²) in [7, 11) is 0. The normalized spacial score (nSPS) is 14.1. The zero-order chi connectivity index (χ0) is 13.0. The van der Waals surface area contributed by atoms with E-state index in [2.05, 4.69) is 0 Å². The highest BCUT2D eigenvalue weighted by molar-refractivity contribution is 5.75.